The molecule has 0 aliphatic carbocycles. The number of aliphatic hydroxyl groups excluding tert-OH is 1. The SMILES string of the molecule is CN(C(=O)c1ccc(C#CCO)s1)C1CCOC1. The van der Waals surface area contributed by atoms with Crippen LogP contribution in [0.5, 0.6) is 0 Å². The summed E-state index contributed by atoms with van der Waals surface area (Å²) in [6.45, 7) is 1.17. The molecule has 0 spiro atoms. The van der Waals surface area contributed by atoms with E-state index in [-0.39, 0.29) is 18.6 Å². The number of thiophene rings is 1. The van der Waals surface area contributed by atoms with E-state index < -0.39 is 0 Å². The van der Waals surface area contributed by atoms with Gasteiger partial charge in [-0.25, -0.2) is 0 Å². The van der Waals surface area contributed by atoms with Crippen LogP contribution >= 0.6 is 11.3 Å². The van der Waals surface area contributed by atoms with Crippen molar-refractivity contribution in [2.75, 3.05) is 26.9 Å². The van der Waals surface area contributed by atoms with Gasteiger partial charge in [-0.05, 0) is 18.6 Å². The van der Waals surface area contributed by atoms with Gasteiger partial charge in [-0.15, -0.1) is 11.3 Å². The summed E-state index contributed by atoms with van der Waals surface area (Å²) in [5.41, 5.74) is 0. The van der Waals surface area contributed by atoms with Crippen LogP contribution in [0.25, 0.3) is 0 Å². The average Bonchev–Trinajstić information content (AvgIpc) is 3.05. The minimum absolute atomic E-state index is 0.00699. The third kappa shape index (κ3) is 2.91. The minimum Gasteiger partial charge on any atom is -0.384 e. The normalized spacial score (nSPS) is 18.2. The number of aliphatic hydroxyl groups is 1. The number of likely N-dealkylation sites (N-methyl/N-ethyl adjacent to an activating group) is 1. The molecule has 0 radical (unpaired) electrons. The second kappa shape index (κ2) is 6.01. The van der Waals surface area contributed by atoms with Crippen LogP contribution in [0.2, 0.25) is 0 Å². The zero-order valence-electron chi connectivity index (χ0n) is 10.2. The molecule has 2 rings (SSSR count). The smallest absolute Gasteiger partial charge is 0.264 e. The van der Waals surface area contributed by atoms with E-state index in [1.54, 1.807) is 24.1 Å². The lowest BCUT2D eigenvalue weighted by Crippen LogP contribution is -2.36. The summed E-state index contributed by atoms with van der Waals surface area (Å²) in [7, 11) is 1.81. The Labute approximate surface area is 110 Å². The van der Waals surface area contributed by atoms with E-state index in [9.17, 15) is 4.79 Å². The van der Waals surface area contributed by atoms with Crippen LogP contribution in [0.1, 0.15) is 21.0 Å². The lowest BCUT2D eigenvalue weighted by atomic mass is 10.2. The first-order valence-corrected chi connectivity index (χ1v) is 6.58. The van der Waals surface area contributed by atoms with Crippen LogP contribution in [0.15, 0.2) is 12.1 Å². The second-order valence-electron chi connectivity index (χ2n) is 4.06. The Morgan fingerprint density at radius 1 is 1.67 bits per heavy atom. The maximum atomic E-state index is 12.2. The molecule has 1 aromatic heterocycles. The van der Waals surface area contributed by atoms with Crippen molar-refractivity contribution in [2.45, 2.75) is 12.5 Å². The van der Waals surface area contributed by atoms with Crippen molar-refractivity contribution in [1.82, 2.24) is 4.90 Å². The van der Waals surface area contributed by atoms with Crippen molar-refractivity contribution in [1.29, 1.82) is 0 Å². The quantitative estimate of drug-likeness (QED) is 0.810. The summed E-state index contributed by atoms with van der Waals surface area (Å²) < 4.78 is 5.28. The standard InChI is InChI=1S/C13H15NO3S/c1-14(10-6-8-17-9-10)13(16)12-5-4-11(18-12)3-2-7-15/h4-5,10,15H,6-9H2,1H3. The Kier molecular flexibility index (Phi) is 4.37. The number of carbonyl (C=O) groups excluding carboxylic acids is 1. The van der Waals surface area contributed by atoms with Gasteiger partial charge in [0.1, 0.15) is 6.61 Å². The maximum absolute atomic E-state index is 12.2. The molecule has 2 heterocycles. The molecule has 0 bridgehead atoms. The molecule has 96 valence electrons. The summed E-state index contributed by atoms with van der Waals surface area (Å²) in [6, 6.07) is 3.76. The van der Waals surface area contributed by atoms with Crippen molar-refractivity contribution in [2.24, 2.45) is 0 Å². The van der Waals surface area contributed by atoms with Crippen molar-refractivity contribution in [3.8, 4) is 11.8 Å². The molecule has 1 atom stereocenters. The number of amides is 1. The molecule has 1 aliphatic rings. The van der Waals surface area contributed by atoms with Gasteiger partial charge in [0.25, 0.3) is 5.91 Å². The fourth-order valence-corrected chi connectivity index (χ4v) is 2.68. The van der Waals surface area contributed by atoms with Gasteiger partial charge in [0, 0.05) is 13.7 Å². The number of ether oxygens (including phenoxy) is 1. The average molecular weight is 265 g/mol. The molecular formula is C13H15NO3S. The summed E-state index contributed by atoms with van der Waals surface area (Å²) >= 11 is 1.35. The first kappa shape index (κ1) is 13.1. The molecule has 0 aromatic carbocycles. The Morgan fingerprint density at radius 3 is 3.17 bits per heavy atom. The van der Waals surface area contributed by atoms with E-state index in [2.05, 4.69) is 11.8 Å². The van der Waals surface area contributed by atoms with Gasteiger partial charge >= 0.3 is 0 Å². The Morgan fingerprint density at radius 2 is 2.50 bits per heavy atom. The van der Waals surface area contributed by atoms with Crippen LogP contribution in [-0.2, 0) is 4.74 Å². The maximum Gasteiger partial charge on any atom is 0.264 e. The van der Waals surface area contributed by atoms with Crippen molar-refractivity contribution in [3.05, 3.63) is 21.9 Å². The highest BCUT2D eigenvalue weighted by molar-refractivity contribution is 7.14. The molecule has 1 unspecified atom stereocenters. The highest BCUT2D eigenvalue weighted by Crippen LogP contribution is 2.20. The Balaban J connectivity index is 2.06. The molecular weight excluding hydrogens is 250 g/mol. The van der Waals surface area contributed by atoms with E-state index in [0.29, 0.717) is 11.5 Å². The molecule has 1 N–H and O–H groups in total. The molecule has 18 heavy (non-hydrogen) atoms. The van der Waals surface area contributed by atoms with E-state index in [1.165, 1.54) is 11.3 Å². The lowest BCUT2D eigenvalue weighted by molar-refractivity contribution is 0.0716. The summed E-state index contributed by atoms with van der Waals surface area (Å²) in [5.74, 6) is 5.38. The fraction of sp³-hybridized carbons (Fsp3) is 0.462. The van der Waals surface area contributed by atoms with Gasteiger partial charge in [-0.2, -0.15) is 0 Å². The molecule has 0 saturated carbocycles. The van der Waals surface area contributed by atoms with Crippen LogP contribution in [0, 0.1) is 11.8 Å². The zero-order chi connectivity index (χ0) is 13.0. The number of hydrogen-bond donors (Lipinski definition) is 1. The highest BCUT2D eigenvalue weighted by Gasteiger charge is 2.25. The van der Waals surface area contributed by atoms with Crippen LogP contribution in [-0.4, -0.2) is 48.8 Å². The van der Waals surface area contributed by atoms with Gasteiger partial charge < -0.3 is 14.7 Å². The van der Waals surface area contributed by atoms with Crippen LogP contribution in [0.4, 0.5) is 0 Å². The molecule has 1 aliphatic heterocycles. The summed E-state index contributed by atoms with van der Waals surface area (Å²) in [4.78, 5) is 15.4. The van der Waals surface area contributed by atoms with Gasteiger partial charge in [-0.3, -0.25) is 4.79 Å². The fourth-order valence-electron chi connectivity index (χ4n) is 1.81. The van der Waals surface area contributed by atoms with Crippen LogP contribution in [0.3, 0.4) is 0 Å². The molecule has 4 nitrogen and oxygen atoms in total. The number of carbonyl (C=O) groups is 1. The summed E-state index contributed by atoms with van der Waals surface area (Å²) in [5, 5.41) is 8.62. The van der Waals surface area contributed by atoms with Gasteiger partial charge in [0.2, 0.25) is 0 Å². The predicted molar refractivity (Wildman–Crippen MR) is 69.6 cm³/mol. The van der Waals surface area contributed by atoms with Crippen LogP contribution < -0.4 is 0 Å². The molecule has 1 aromatic rings. The Hall–Kier alpha value is -1.35. The van der Waals surface area contributed by atoms with Crippen molar-refractivity contribution >= 4 is 17.2 Å². The van der Waals surface area contributed by atoms with Gasteiger partial charge in [0.05, 0.1) is 22.4 Å². The van der Waals surface area contributed by atoms with E-state index in [0.717, 1.165) is 17.9 Å². The van der Waals surface area contributed by atoms with E-state index in [1.807, 2.05) is 0 Å². The Bertz CT molecular complexity index is 480. The first-order chi connectivity index (χ1) is 8.72. The van der Waals surface area contributed by atoms with Gasteiger partial charge in [0.15, 0.2) is 0 Å². The minimum atomic E-state index is -0.166. The molecule has 1 amide bonds. The van der Waals surface area contributed by atoms with E-state index in [4.69, 9.17) is 9.84 Å². The number of rotatable bonds is 2. The molecule has 1 saturated heterocycles. The van der Waals surface area contributed by atoms with Crippen molar-refractivity contribution in [3.63, 3.8) is 0 Å². The molecule has 5 heteroatoms. The highest BCUT2D eigenvalue weighted by atomic mass is 32.1. The third-order valence-electron chi connectivity index (χ3n) is 2.88. The first-order valence-electron chi connectivity index (χ1n) is 5.77. The second-order valence-corrected chi connectivity index (χ2v) is 5.14. The topological polar surface area (TPSA) is 49.8 Å². The largest absolute Gasteiger partial charge is 0.384 e. The van der Waals surface area contributed by atoms with E-state index >= 15 is 0 Å². The van der Waals surface area contributed by atoms with Crippen molar-refractivity contribution < 1.29 is 14.6 Å². The lowest BCUT2D eigenvalue weighted by Gasteiger charge is -2.22. The monoisotopic (exact) mass is 265 g/mol. The summed E-state index contributed by atoms with van der Waals surface area (Å²) in [6.07, 6.45) is 0.894. The number of nitrogens with zero attached hydrogens (tertiary/aromatic N) is 1. The number of hydrogen-bond acceptors (Lipinski definition) is 4. The van der Waals surface area contributed by atoms with Gasteiger partial charge in [-0.1, -0.05) is 11.8 Å². The third-order valence-corrected chi connectivity index (χ3v) is 3.87. The molecule has 1 fully saturated rings. The predicted octanol–water partition coefficient (Wildman–Crippen LogP) is 0.953. The zero-order valence-corrected chi connectivity index (χ0v) is 11.0.